The van der Waals surface area contributed by atoms with Gasteiger partial charge in [-0.15, -0.1) is 0 Å². The molecule has 1 heteroatoms. The molecule has 12 rings (SSSR count). The van der Waals surface area contributed by atoms with Crippen LogP contribution in [0.15, 0.2) is 188 Å². The first-order valence-corrected chi connectivity index (χ1v) is 23.1. The van der Waals surface area contributed by atoms with Gasteiger partial charge in [-0.05, 0) is 169 Å². The lowest BCUT2D eigenvalue weighted by atomic mass is 9.79. The maximum absolute atomic E-state index is 2.47. The molecule has 0 bridgehead atoms. The highest BCUT2D eigenvalue weighted by Gasteiger charge is 2.38. The molecule has 2 aliphatic carbocycles. The lowest BCUT2D eigenvalue weighted by molar-refractivity contribution is 0.659. The van der Waals surface area contributed by atoms with Crippen LogP contribution in [0.25, 0.3) is 95.3 Å². The van der Waals surface area contributed by atoms with Crippen molar-refractivity contribution in [2.75, 3.05) is 0 Å². The van der Waals surface area contributed by atoms with Crippen molar-refractivity contribution in [3.05, 3.63) is 233 Å². The zero-order valence-electron chi connectivity index (χ0n) is 38.0. The Morgan fingerprint density at radius 3 is 1.43 bits per heavy atom. The fourth-order valence-corrected chi connectivity index (χ4v) is 11.2. The van der Waals surface area contributed by atoms with E-state index < -0.39 is 0 Å². The van der Waals surface area contributed by atoms with E-state index >= 15 is 0 Å². The van der Waals surface area contributed by atoms with Gasteiger partial charge in [0.15, 0.2) is 0 Å². The fraction of sp³-hybridized carbons (Fsp3) is 0.125. The summed E-state index contributed by atoms with van der Waals surface area (Å²) in [6.07, 6.45) is 4.53. The van der Waals surface area contributed by atoms with Crippen LogP contribution in [-0.2, 0) is 10.8 Å². The summed E-state index contributed by atoms with van der Waals surface area (Å²) in [7, 11) is 0. The molecule has 10 aromatic rings. The Bertz CT molecular complexity index is 3610. The molecule has 1 heterocycles. The smallest absolute Gasteiger partial charge is 0.0541 e. The number of hydrogen-bond donors (Lipinski definition) is 0. The number of nitrogens with zero attached hydrogens (tertiary/aromatic N) is 1. The normalized spacial score (nSPS) is 14.2. The van der Waals surface area contributed by atoms with Crippen molar-refractivity contribution < 1.29 is 0 Å². The maximum atomic E-state index is 2.47. The molecular weight excluding hydrogens is 783 g/mol. The lowest BCUT2D eigenvalue weighted by Gasteiger charge is -2.24. The third kappa shape index (κ3) is 6.13. The topological polar surface area (TPSA) is 4.93 Å². The van der Waals surface area contributed by atoms with E-state index in [0.717, 1.165) is 0 Å². The van der Waals surface area contributed by atoms with Crippen LogP contribution in [0.3, 0.4) is 0 Å². The van der Waals surface area contributed by atoms with Crippen molar-refractivity contribution in [2.45, 2.75) is 52.4 Å². The summed E-state index contributed by atoms with van der Waals surface area (Å²) >= 11 is 0. The molecule has 9 aromatic carbocycles. The minimum absolute atomic E-state index is 0.130. The number of hydrogen-bond acceptors (Lipinski definition) is 0. The monoisotopic (exact) mass is 833 g/mol. The van der Waals surface area contributed by atoms with Crippen molar-refractivity contribution in [3.63, 3.8) is 0 Å². The van der Waals surface area contributed by atoms with Crippen molar-refractivity contribution in [2.24, 2.45) is 0 Å². The quantitative estimate of drug-likeness (QED) is 0.147. The van der Waals surface area contributed by atoms with Crippen molar-refractivity contribution >= 4 is 34.0 Å². The Morgan fingerprint density at radius 1 is 0.338 bits per heavy atom. The zero-order chi connectivity index (χ0) is 44.2. The summed E-state index contributed by atoms with van der Waals surface area (Å²) in [4.78, 5) is 0. The highest BCUT2D eigenvalue weighted by Crippen LogP contribution is 2.53. The molecule has 0 atom stereocenters. The van der Waals surface area contributed by atoms with E-state index in [2.05, 4.69) is 246 Å². The number of aryl methyl sites for hydroxylation is 2. The minimum atomic E-state index is -0.152. The fourth-order valence-electron chi connectivity index (χ4n) is 11.2. The van der Waals surface area contributed by atoms with Crippen LogP contribution in [0.4, 0.5) is 0 Å². The summed E-state index contributed by atoms with van der Waals surface area (Å²) < 4.78 is 2.39. The number of benzene rings is 9. The van der Waals surface area contributed by atoms with Crippen LogP contribution >= 0.6 is 0 Å². The predicted molar refractivity (Wildman–Crippen MR) is 277 cm³/mol. The van der Waals surface area contributed by atoms with Gasteiger partial charge in [0.05, 0.1) is 11.0 Å². The van der Waals surface area contributed by atoms with Crippen LogP contribution in [-0.4, -0.2) is 4.57 Å². The number of fused-ring (bicyclic) bond motifs is 9. The largest absolute Gasteiger partial charge is 0.309 e. The molecule has 0 fully saturated rings. The van der Waals surface area contributed by atoms with Crippen LogP contribution in [0.1, 0.15) is 72.2 Å². The average Bonchev–Trinajstić information content (AvgIpc) is 3.87. The first-order chi connectivity index (χ1) is 31.5. The highest BCUT2D eigenvalue weighted by atomic mass is 15.0. The van der Waals surface area contributed by atoms with E-state index in [-0.39, 0.29) is 10.8 Å². The third-order valence-corrected chi connectivity index (χ3v) is 14.9. The van der Waals surface area contributed by atoms with Crippen molar-refractivity contribution in [3.8, 4) is 61.3 Å². The van der Waals surface area contributed by atoms with Crippen LogP contribution in [0.5, 0.6) is 0 Å². The van der Waals surface area contributed by atoms with Gasteiger partial charge in [-0.3, -0.25) is 0 Å². The van der Waals surface area contributed by atoms with Gasteiger partial charge < -0.3 is 4.57 Å². The van der Waals surface area contributed by atoms with Gasteiger partial charge in [-0.2, -0.15) is 0 Å². The molecule has 0 saturated heterocycles. The lowest BCUT2D eigenvalue weighted by Crippen LogP contribution is -2.15. The minimum Gasteiger partial charge on any atom is -0.309 e. The molecule has 312 valence electrons. The van der Waals surface area contributed by atoms with Crippen LogP contribution in [0, 0.1) is 13.8 Å². The van der Waals surface area contributed by atoms with Crippen molar-refractivity contribution in [1.82, 2.24) is 4.57 Å². The van der Waals surface area contributed by atoms with E-state index in [1.807, 2.05) is 0 Å². The van der Waals surface area contributed by atoms with Gasteiger partial charge in [-0.25, -0.2) is 0 Å². The second-order valence-electron chi connectivity index (χ2n) is 19.5. The van der Waals surface area contributed by atoms with Gasteiger partial charge >= 0.3 is 0 Å². The Labute approximate surface area is 383 Å². The molecule has 1 nitrogen and oxygen atoms in total. The van der Waals surface area contributed by atoms with Crippen molar-refractivity contribution in [1.29, 1.82) is 0 Å². The van der Waals surface area contributed by atoms with Gasteiger partial charge in [0.1, 0.15) is 0 Å². The summed E-state index contributed by atoms with van der Waals surface area (Å²) in [5.74, 6) is 0. The first kappa shape index (κ1) is 39.1. The average molecular weight is 834 g/mol. The Morgan fingerprint density at radius 2 is 0.800 bits per heavy atom. The second-order valence-corrected chi connectivity index (χ2v) is 19.5. The Kier molecular flexibility index (Phi) is 8.75. The first-order valence-electron chi connectivity index (χ1n) is 23.1. The molecule has 0 aliphatic heterocycles. The van der Waals surface area contributed by atoms with E-state index in [0.29, 0.717) is 0 Å². The highest BCUT2D eigenvalue weighted by molar-refractivity contribution is 6.10. The van der Waals surface area contributed by atoms with E-state index in [4.69, 9.17) is 0 Å². The molecule has 2 aliphatic rings. The summed E-state index contributed by atoms with van der Waals surface area (Å²) in [5, 5.41) is 2.55. The molecule has 65 heavy (non-hydrogen) atoms. The number of aromatic nitrogens is 1. The molecule has 1 aromatic heterocycles. The molecular formula is C64H51N. The molecule has 0 unspecified atom stereocenters. The van der Waals surface area contributed by atoms with Gasteiger partial charge in [0, 0.05) is 27.3 Å². The molecule has 0 radical (unpaired) electrons. The summed E-state index contributed by atoms with van der Waals surface area (Å²) in [5.41, 5.74) is 26.9. The standard InChI is InChI=1S/C64H51N/c1-40-14-10-11-17-49(40)55-34-42(21-20-41(55)2)22-23-43-24-29-50-51-31-26-46(38-58(51)63(3,4)57(50)35-43)47-27-32-53-52-30-25-45(37-59(52)64(5,6)60(53)39-47)44-28-33-62-56(36-44)54-18-12-13-19-61(54)65(62)48-15-8-7-9-16-48/h7-39H,1-6H3/b23-22+. The van der Waals surface area contributed by atoms with Crippen LogP contribution < -0.4 is 0 Å². The summed E-state index contributed by atoms with van der Waals surface area (Å²) in [6.45, 7) is 14.0. The Balaban J connectivity index is 0.839. The number of rotatable bonds is 6. The Hall–Kier alpha value is -7.48. The van der Waals surface area contributed by atoms with Gasteiger partial charge in [0.25, 0.3) is 0 Å². The molecule has 0 amide bonds. The zero-order valence-corrected chi connectivity index (χ0v) is 38.0. The molecule has 0 N–H and O–H groups in total. The van der Waals surface area contributed by atoms with Gasteiger partial charge in [0.2, 0.25) is 0 Å². The molecule has 0 saturated carbocycles. The van der Waals surface area contributed by atoms with E-state index in [1.165, 1.54) is 128 Å². The van der Waals surface area contributed by atoms with Gasteiger partial charge in [-0.1, -0.05) is 173 Å². The summed E-state index contributed by atoms with van der Waals surface area (Å²) in [6, 6.07) is 70.4. The van der Waals surface area contributed by atoms with E-state index in [9.17, 15) is 0 Å². The second kappa shape index (κ2) is 14.5. The SMILES string of the molecule is Cc1ccccc1-c1cc(/C=C/c2ccc3c(c2)C(C)(C)c2cc(-c4ccc5c(c4)C(C)(C)c4cc(-c6ccc7c(c6)c6ccccc6n7-c6ccccc6)ccc4-5)ccc2-3)ccc1C. The maximum Gasteiger partial charge on any atom is 0.0541 e. The molecule has 0 spiro atoms. The third-order valence-electron chi connectivity index (χ3n) is 14.9. The van der Waals surface area contributed by atoms with E-state index in [1.54, 1.807) is 0 Å². The predicted octanol–water partition coefficient (Wildman–Crippen LogP) is 17.2. The van der Waals surface area contributed by atoms with Crippen LogP contribution in [0.2, 0.25) is 0 Å². The number of para-hydroxylation sites is 2.